The smallest absolute Gasteiger partial charge is 0.273 e. The fourth-order valence-electron chi connectivity index (χ4n) is 1.53. The Hall–Kier alpha value is -1.83. The van der Waals surface area contributed by atoms with Crippen LogP contribution in [0.2, 0.25) is 0 Å². The number of nitrogens with two attached hydrogens (primary N) is 1. The Balaban J connectivity index is 2.35. The van der Waals surface area contributed by atoms with E-state index in [1.165, 1.54) is 12.1 Å². The lowest BCUT2D eigenvalue weighted by atomic mass is 10.2. The molecule has 2 aromatic carbocycles. The van der Waals surface area contributed by atoms with Crippen molar-refractivity contribution in [2.24, 2.45) is 0 Å². The van der Waals surface area contributed by atoms with Crippen LogP contribution in [0.1, 0.15) is 0 Å². The van der Waals surface area contributed by atoms with Gasteiger partial charge in [-0.3, -0.25) is 10.1 Å². The van der Waals surface area contributed by atoms with Gasteiger partial charge in [-0.2, -0.15) is 0 Å². The number of halogens is 1. The third-order valence-electron chi connectivity index (χ3n) is 2.30. The highest BCUT2D eigenvalue weighted by Crippen LogP contribution is 2.27. The normalized spacial score (nSPS) is 10.1. The molecule has 0 aliphatic carbocycles. The molecule has 0 fully saturated rings. The van der Waals surface area contributed by atoms with Crippen LogP contribution in [0.25, 0.3) is 0 Å². The molecule has 0 saturated carbocycles. The standard InChI is InChI=1S/C12H10IN3O2/c13-11-3-1-2-4-12(11)15-9-5-8(14)6-10(7-9)16(17)18/h1-7,15H,14H2. The van der Waals surface area contributed by atoms with Gasteiger partial charge in [-0.25, -0.2) is 0 Å². The van der Waals surface area contributed by atoms with Gasteiger partial charge in [-0.1, -0.05) is 12.1 Å². The van der Waals surface area contributed by atoms with Crippen molar-refractivity contribution < 1.29 is 4.92 Å². The topological polar surface area (TPSA) is 81.2 Å². The molecule has 5 nitrogen and oxygen atoms in total. The SMILES string of the molecule is Nc1cc(Nc2ccccc2I)cc([N+](=O)[O-])c1. The number of para-hydroxylation sites is 1. The molecule has 0 unspecified atom stereocenters. The molecular formula is C12H10IN3O2. The van der Waals surface area contributed by atoms with Crippen LogP contribution < -0.4 is 11.1 Å². The van der Waals surface area contributed by atoms with Crippen molar-refractivity contribution in [3.05, 3.63) is 56.1 Å². The molecule has 0 heterocycles. The van der Waals surface area contributed by atoms with E-state index in [0.717, 1.165) is 9.26 Å². The Bertz CT molecular complexity index is 602. The lowest BCUT2D eigenvalue weighted by Crippen LogP contribution is -1.97. The van der Waals surface area contributed by atoms with E-state index in [0.29, 0.717) is 11.4 Å². The molecule has 0 spiro atoms. The van der Waals surface area contributed by atoms with E-state index in [2.05, 4.69) is 27.9 Å². The van der Waals surface area contributed by atoms with Crippen molar-refractivity contribution in [3.8, 4) is 0 Å². The average Bonchev–Trinajstić information content (AvgIpc) is 2.31. The van der Waals surface area contributed by atoms with Gasteiger partial charge in [0.05, 0.1) is 10.6 Å². The zero-order chi connectivity index (χ0) is 13.1. The summed E-state index contributed by atoms with van der Waals surface area (Å²) in [6.07, 6.45) is 0. The largest absolute Gasteiger partial charge is 0.398 e. The van der Waals surface area contributed by atoms with E-state index < -0.39 is 4.92 Å². The molecule has 0 amide bonds. The first-order valence-electron chi connectivity index (χ1n) is 5.13. The zero-order valence-corrected chi connectivity index (χ0v) is 11.4. The van der Waals surface area contributed by atoms with Gasteiger partial charge in [0.2, 0.25) is 0 Å². The minimum absolute atomic E-state index is 0.0246. The number of nitrogen functional groups attached to an aromatic ring is 1. The molecule has 6 heteroatoms. The van der Waals surface area contributed by atoms with Crippen molar-refractivity contribution in [1.82, 2.24) is 0 Å². The van der Waals surface area contributed by atoms with Crippen LogP contribution in [0.3, 0.4) is 0 Å². The number of non-ortho nitro benzene ring substituents is 1. The fourth-order valence-corrected chi connectivity index (χ4v) is 2.05. The zero-order valence-electron chi connectivity index (χ0n) is 9.26. The van der Waals surface area contributed by atoms with Crippen LogP contribution in [-0.2, 0) is 0 Å². The average molecular weight is 355 g/mol. The van der Waals surface area contributed by atoms with Crippen molar-refractivity contribution in [1.29, 1.82) is 0 Å². The predicted octanol–water partition coefficient (Wildman–Crippen LogP) is 3.53. The second-order valence-electron chi connectivity index (χ2n) is 3.68. The third kappa shape index (κ3) is 2.89. The van der Waals surface area contributed by atoms with Crippen molar-refractivity contribution in [2.45, 2.75) is 0 Å². The highest BCUT2D eigenvalue weighted by atomic mass is 127. The second-order valence-corrected chi connectivity index (χ2v) is 4.84. The summed E-state index contributed by atoms with van der Waals surface area (Å²) in [5, 5.41) is 13.9. The molecule has 18 heavy (non-hydrogen) atoms. The van der Waals surface area contributed by atoms with Crippen LogP contribution in [0.15, 0.2) is 42.5 Å². The second kappa shape index (κ2) is 5.21. The summed E-state index contributed by atoms with van der Waals surface area (Å²) in [5.74, 6) is 0. The van der Waals surface area contributed by atoms with Gasteiger partial charge >= 0.3 is 0 Å². The molecule has 0 aliphatic heterocycles. The summed E-state index contributed by atoms with van der Waals surface area (Å²) in [5.41, 5.74) is 7.47. The Kier molecular flexibility index (Phi) is 3.66. The first-order valence-corrected chi connectivity index (χ1v) is 6.20. The maximum atomic E-state index is 10.7. The fraction of sp³-hybridized carbons (Fsp3) is 0. The minimum Gasteiger partial charge on any atom is -0.398 e. The summed E-state index contributed by atoms with van der Waals surface area (Å²) in [6.45, 7) is 0. The van der Waals surface area contributed by atoms with Gasteiger partial charge in [0.25, 0.3) is 5.69 Å². The molecule has 2 aromatic rings. The Labute approximate surface area is 117 Å². The van der Waals surface area contributed by atoms with Crippen LogP contribution >= 0.6 is 22.6 Å². The van der Waals surface area contributed by atoms with E-state index in [-0.39, 0.29) is 5.69 Å². The van der Waals surface area contributed by atoms with Gasteiger partial charge < -0.3 is 11.1 Å². The number of anilines is 3. The summed E-state index contributed by atoms with van der Waals surface area (Å²) in [6, 6.07) is 12.1. The molecule has 0 aromatic heterocycles. The van der Waals surface area contributed by atoms with Gasteiger partial charge in [-0.15, -0.1) is 0 Å². The minimum atomic E-state index is -0.461. The molecule has 3 N–H and O–H groups in total. The maximum Gasteiger partial charge on any atom is 0.273 e. The number of rotatable bonds is 3. The monoisotopic (exact) mass is 355 g/mol. The molecule has 0 saturated heterocycles. The number of nitro benzene ring substituents is 1. The van der Waals surface area contributed by atoms with Crippen LogP contribution in [-0.4, -0.2) is 4.92 Å². The molecule has 0 radical (unpaired) electrons. The summed E-state index contributed by atoms with van der Waals surface area (Å²) < 4.78 is 1.03. The first-order chi connectivity index (χ1) is 8.56. The van der Waals surface area contributed by atoms with E-state index in [1.807, 2.05) is 24.3 Å². The van der Waals surface area contributed by atoms with E-state index >= 15 is 0 Å². The van der Waals surface area contributed by atoms with Crippen molar-refractivity contribution >= 4 is 45.3 Å². The van der Waals surface area contributed by atoms with Gasteiger partial charge in [0.15, 0.2) is 0 Å². The molecule has 0 aliphatic rings. The van der Waals surface area contributed by atoms with Crippen LogP contribution in [0.5, 0.6) is 0 Å². The van der Waals surface area contributed by atoms with Gasteiger partial charge in [-0.05, 0) is 40.8 Å². The number of hydrogen-bond donors (Lipinski definition) is 2. The molecule has 2 rings (SSSR count). The Morgan fingerprint density at radius 3 is 2.61 bits per heavy atom. The van der Waals surface area contributed by atoms with E-state index in [4.69, 9.17) is 5.73 Å². The van der Waals surface area contributed by atoms with Crippen LogP contribution in [0, 0.1) is 13.7 Å². The molecule has 92 valence electrons. The number of nitrogens with one attached hydrogen (secondary N) is 1. The summed E-state index contributed by atoms with van der Waals surface area (Å²) in [7, 11) is 0. The number of benzene rings is 2. The molecular weight excluding hydrogens is 345 g/mol. The van der Waals surface area contributed by atoms with Crippen LogP contribution in [0.4, 0.5) is 22.7 Å². The van der Waals surface area contributed by atoms with Crippen molar-refractivity contribution in [2.75, 3.05) is 11.1 Å². The predicted molar refractivity (Wildman–Crippen MR) is 80.0 cm³/mol. The third-order valence-corrected chi connectivity index (χ3v) is 3.24. The van der Waals surface area contributed by atoms with Gasteiger partial charge in [0.1, 0.15) is 0 Å². The Morgan fingerprint density at radius 2 is 1.94 bits per heavy atom. The summed E-state index contributed by atoms with van der Waals surface area (Å²) in [4.78, 5) is 10.3. The number of hydrogen-bond acceptors (Lipinski definition) is 4. The lowest BCUT2D eigenvalue weighted by Gasteiger charge is -2.09. The number of nitrogens with zero attached hydrogens (tertiary/aromatic N) is 1. The highest BCUT2D eigenvalue weighted by molar-refractivity contribution is 14.1. The molecule has 0 atom stereocenters. The van der Waals surface area contributed by atoms with E-state index in [9.17, 15) is 10.1 Å². The highest BCUT2D eigenvalue weighted by Gasteiger charge is 2.09. The Morgan fingerprint density at radius 1 is 1.22 bits per heavy atom. The maximum absolute atomic E-state index is 10.7. The van der Waals surface area contributed by atoms with Crippen molar-refractivity contribution in [3.63, 3.8) is 0 Å². The summed E-state index contributed by atoms with van der Waals surface area (Å²) >= 11 is 2.19. The molecule has 0 bridgehead atoms. The van der Waals surface area contributed by atoms with E-state index in [1.54, 1.807) is 6.07 Å². The number of nitro groups is 1. The first kappa shape index (κ1) is 12.6. The quantitative estimate of drug-likeness (QED) is 0.382. The lowest BCUT2D eigenvalue weighted by molar-refractivity contribution is -0.384. The van der Waals surface area contributed by atoms with Gasteiger partial charge in [0, 0.05) is 27.1 Å².